The first-order chi connectivity index (χ1) is 62.4. The Morgan fingerprint density at radius 1 is 0.385 bits per heavy atom. The van der Waals surface area contributed by atoms with Crippen molar-refractivity contribution >= 4 is 104 Å². The Morgan fingerprint density at radius 3 is 0.904 bits per heavy atom. The van der Waals surface area contributed by atoms with E-state index in [0.29, 0.717) is 222 Å². The number of fused-ring (bicyclic) bond motifs is 1. The zero-order valence-corrected chi connectivity index (χ0v) is 88.9. The molecule has 0 aromatic carbocycles. The minimum atomic E-state index is -0.637. The predicted octanol–water partition coefficient (Wildman–Crippen LogP) is 0.0652. The van der Waals surface area contributed by atoms with E-state index in [0.717, 1.165) is 50.7 Å². The lowest BCUT2D eigenvalue weighted by atomic mass is 10.1. The fourth-order valence-electron chi connectivity index (χ4n) is 12.7. The maximum atomic E-state index is 13.0. The van der Waals surface area contributed by atoms with Crippen molar-refractivity contribution in [3.63, 3.8) is 0 Å². The van der Waals surface area contributed by atoms with E-state index < -0.39 is 45.8 Å². The first-order valence-electron chi connectivity index (χ1n) is 47.2. The molecule has 6 heterocycles. The van der Waals surface area contributed by atoms with E-state index >= 15 is 0 Å². The number of carbonyl (C=O) groups excluding carboxylic acids is 12. The first-order valence-corrected chi connectivity index (χ1v) is 47.7. The van der Waals surface area contributed by atoms with Gasteiger partial charge in [-0.15, -0.1) is 0 Å². The molecule has 0 radical (unpaired) electrons. The molecule has 0 aromatic rings. The summed E-state index contributed by atoms with van der Waals surface area (Å²) in [6.07, 6.45) is 10.5. The van der Waals surface area contributed by atoms with Gasteiger partial charge >= 0.3 is 36.1 Å². The average Bonchev–Trinajstić information content (AvgIpc) is 1.85. The van der Waals surface area contributed by atoms with Crippen LogP contribution in [-0.4, -0.2) is 487 Å². The number of nitrogens with zero attached hydrogens (tertiary/aromatic N) is 16. The fourth-order valence-corrected chi connectivity index (χ4v) is 12.7. The molecule has 0 bridgehead atoms. The van der Waals surface area contributed by atoms with Crippen LogP contribution in [0.3, 0.4) is 0 Å². The van der Waals surface area contributed by atoms with Crippen molar-refractivity contribution in [1.82, 2.24) is 79.2 Å². The van der Waals surface area contributed by atoms with Gasteiger partial charge in [0.1, 0.15) is 52.1 Å². The minimum absolute atomic E-state index is 0. The van der Waals surface area contributed by atoms with Gasteiger partial charge < -0.3 is 111 Å². The van der Waals surface area contributed by atoms with E-state index in [2.05, 4.69) is 32.0 Å². The van der Waals surface area contributed by atoms with Gasteiger partial charge in [0.05, 0.1) is 51.8 Å². The molecule has 0 atom stereocenters. The van der Waals surface area contributed by atoms with Gasteiger partial charge in [-0.05, 0) is 165 Å². The number of amidine groups is 1. The van der Waals surface area contributed by atoms with E-state index in [4.69, 9.17) is 55.9 Å². The topological polar surface area (TPSA) is 415 Å². The first kappa shape index (κ1) is 131. The van der Waals surface area contributed by atoms with Gasteiger partial charge in [0.15, 0.2) is 13.1 Å². The average molecular weight is 1970 g/mol. The van der Waals surface area contributed by atoms with Crippen LogP contribution in [0.25, 0.3) is 0 Å². The van der Waals surface area contributed by atoms with Gasteiger partial charge in [0.2, 0.25) is 38.5 Å². The summed E-state index contributed by atoms with van der Waals surface area (Å²) in [5, 5.41) is 11.6. The normalized spacial score (nSPS) is 18.2. The Labute approximate surface area is 820 Å². The van der Waals surface area contributed by atoms with Crippen molar-refractivity contribution in [2.75, 3.05) is 282 Å². The van der Waals surface area contributed by atoms with Crippen LogP contribution in [0, 0.1) is 0 Å². The second-order valence-electron chi connectivity index (χ2n) is 40.7. The number of hydrogen-bond donors (Lipinski definition) is 4. The summed E-state index contributed by atoms with van der Waals surface area (Å²) >= 11 is 4.96. The zero-order valence-electron chi connectivity index (χ0n) is 87.4. The van der Waals surface area contributed by atoms with Crippen molar-refractivity contribution in [2.45, 2.75) is 230 Å². The van der Waals surface area contributed by atoms with Crippen LogP contribution < -0.4 is 34.2 Å². The van der Waals surface area contributed by atoms with Gasteiger partial charge in [-0.1, -0.05) is 18.0 Å². The number of rotatable bonds is 17. The third-order valence-corrected chi connectivity index (χ3v) is 19.2. The highest BCUT2D eigenvalue weighted by Gasteiger charge is 2.31. The highest BCUT2D eigenvalue weighted by molar-refractivity contribution is 6.17. The predicted molar refractivity (Wildman–Crippen MR) is 524 cm³/mol. The van der Waals surface area contributed by atoms with Crippen LogP contribution in [0.4, 0.5) is 9.59 Å². The number of nitrogens with two attached hydrogens (primary N) is 2. The molecule has 0 aromatic heterocycles. The Morgan fingerprint density at radius 2 is 0.637 bits per heavy atom. The minimum Gasteiger partial charge on any atom is -1.00 e. The number of amides is 8. The van der Waals surface area contributed by atoms with E-state index in [1.807, 2.05) is 188 Å². The lowest BCUT2D eigenvalue weighted by molar-refractivity contribution is -0.519. The van der Waals surface area contributed by atoms with Crippen molar-refractivity contribution in [2.24, 2.45) is 10.7 Å². The quantitative estimate of drug-likeness (QED) is 0.0374. The molecule has 135 heavy (non-hydrogen) atoms. The zero-order chi connectivity index (χ0) is 102. The van der Waals surface area contributed by atoms with Crippen LogP contribution in [0.2, 0.25) is 0 Å². The molecular weight excluding hydrogens is 1790 g/mol. The summed E-state index contributed by atoms with van der Waals surface area (Å²) in [6, 6.07) is 0.292. The number of halogens is 2. The Hall–Kier alpha value is -7.77. The molecular formula is C93H181Cl2N20O20+. The van der Waals surface area contributed by atoms with E-state index in [-0.39, 0.29) is 68.0 Å². The highest BCUT2D eigenvalue weighted by atomic mass is 35.5. The number of carbonyl (C=O) groups is 12. The van der Waals surface area contributed by atoms with E-state index in [1.54, 1.807) is 53.4 Å². The molecule has 6 aliphatic rings. The molecule has 0 aliphatic carbocycles. The second kappa shape index (κ2) is 71.6. The standard InChI is InChI=1S/C26H49N4O6.C25H48N4O6.C13H24N4O4.C11H20N4O3.C9H16N2.C4H11N.C3H7N.C2H5ClO.ClH/c1-24(2,3)34-21(31)19-28-13-11-27(10)12-14-29(20-22(32)35-25(4,5)6)16-18-30(17-15-28)23(33)36-26(7,8)9;1-23(2,3)33-20(30)18-27-12-10-26-11-13-28(19-21(31)34-24(4,5)6)15-17-29(16-14-27)22(32)35-25(7,8)9;1-21-13-17-8-6-15(11-19)4-2-14(10-18)3-5-16(12-20)7-9-17;16-9-13-3-1-12-2-4-14(10-17)6-8-15(11-18)7-5-13;1-2-5-9-10-6-4-8-11(9)7-3-1;1-4(2,3)5;1-3(2)4;1-4-2-3;/h10-20H2,1-9H3;26H,10-19H2,1-9H3;10-12H,2-9,13H2,1H3;9-12H,1-8H2;1-8H2;5H2,1-3H3;4H,1-2H3;2H2,1H3;1H/q+1;;;;;;;;. The third kappa shape index (κ3) is 78.8. The van der Waals surface area contributed by atoms with E-state index in [1.165, 1.54) is 51.0 Å². The number of alkyl halides is 1. The van der Waals surface area contributed by atoms with Crippen LogP contribution in [0.1, 0.15) is 191 Å². The Kier molecular flexibility index (Phi) is 69.7. The molecule has 42 heteroatoms. The number of aliphatic imine (C=N–C) groups is 1. The molecule has 0 spiro atoms. The Balaban J connectivity index is -0.00000162. The number of nitrogens with one attached hydrogen (secondary N) is 2. The lowest BCUT2D eigenvalue weighted by Gasteiger charge is -2.33. The lowest BCUT2D eigenvalue weighted by Crippen LogP contribution is -3.00. The maximum absolute atomic E-state index is 13.0. The number of ether oxygens (including phenoxy) is 8. The van der Waals surface area contributed by atoms with Gasteiger partial charge in [-0.2, -0.15) is 0 Å². The molecule has 8 amide bonds. The molecule has 786 valence electrons. The number of hydrogen-bond acceptors (Lipinski definition) is 30. The third-order valence-electron chi connectivity index (χ3n) is 19.0. The van der Waals surface area contributed by atoms with Crippen LogP contribution in [0.5, 0.6) is 0 Å². The van der Waals surface area contributed by atoms with Crippen LogP contribution >= 0.6 is 11.6 Å². The van der Waals surface area contributed by atoms with E-state index in [9.17, 15) is 57.5 Å². The van der Waals surface area contributed by atoms with Crippen molar-refractivity contribution in [3.8, 4) is 0 Å². The molecule has 6 N–H and O–H groups in total. The number of methoxy groups -OCH3 is 2. The van der Waals surface area contributed by atoms with Crippen molar-refractivity contribution in [3.05, 3.63) is 0 Å². The molecule has 0 saturated carbocycles. The highest BCUT2D eigenvalue weighted by Crippen LogP contribution is 2.19. The molecule has 6 aliphatic heterocycles. The van der Waals surface area contributed by atoms with Gasteiger partial charge in [-0.25, -0.2) is 14.2 Å². The molecule has 5 saturated heterocycles. The largest absolute Gasteiger partial charge is 1.00 e. The molecule has 6 rings (SSSR count). The summed E-state index contributed by atoms with van der Waals surface area (Å²) < 4.78 is 44.6. The van der Waals surface area contributed by atoms with Crippen molar-refractivity contribution in [1.29, 1.82) is 0 Å². The smallest absolute Gasteiger partial charge is 0.410 e. The van der Waals surface area contributed by atoms with Gasteiger partial charge in [0.25, 0.3) is 0 Å². The van der Waals surface area contributed by atoms with Gasteiger partial charge in [-0.3, -0.25) is 82.8 Å². The Bertz CT molecular complexity index is 3220. The van der Waals surface area contributed by atoms with Gasteiger partial charge in [0, 0.05) is 243 Å². The number of esters is 4. The maximum Gasteiger partial charge on any atom is 0.410 e. The second-order valence-corrected chi connectivity index (χ2v) is 40.9. The van der Waals surface area contributed by atoms with Crippen molar-refractivity contribution < 1.29 is 118 Å². The summed E-state index contributed by atoms with van der Waals surface area (Å²) in [5.74, 6) is 0.192. The summed E-state index contributed by atoms with van der Waals surface area (Å²) in [4.78, 5) is 171. The summed E-state index contributed by atoms with van der Waals surface area (Å²) in [5.41, 5.74) is 2.76. The molecule has 40 nitrogen and oxygen atoms in total. The fraction of sp³-hybridized carbons (Fsp3) is 0.839. The van der Waals surface area contributed by atoms with Crippen LogP contribution in [-0.2, 0) is 85.8 Å². The van der Waals surface area contributed by atoms with Crippen LogP contribution in [0.15, 0.2) is 4.99 Å². The molecule has 0 unspecified atom stereocenters. The summed E-state index contributed by atoms with van der Waals surface area (Å²) in [7, 11) is 3.17. The SMILES string of the molecule is C1CCC2=NCCCN2CC1.C=[N+]1CCN(CC(=O)OC(C)(C)C)CCN(C(=O)OC(C)(C)C)CCN(CC(=O)OC(C)(C)C)CC1.CC(C)(C)N.CC(C)(C)OC(=O)CN1CCNCCN(CC(=O)OC(C)(C)C)CCN(C(=O)OC(C)(C)C)CC1.CC(C)=[NH2+].COCCl.COCN1CCN(C=O)CCN(C=O)CCN(C=O)CC1.O=CN1CCNCCN(C=O)CCN(C=O)CC1.[Cl-]. The summed E-state index contributed by atoms with van der Waals surface area (Å²) in [6.45, 7) is 68.8. The monoisotopic (exact) mass is 1970 g/mol. The molecule has 5 fully saturated rings.